The first-order valence-corrected chi connectivity index (χ1v) is 4.90. The minimum absolute atomic E-state index is 0.230. The standard InChI is InChI=1S/C8H10N2O4S/c1-13-7(11)5-4-15-6(10-5)3-9-8(12)14-2/h4H,3H2,1-2H3,(H,9,12). The second-order valence-electron chi connectivity index (χ2n) is 2.46. The minimum atomic E-state index is -0.537. The van der Waals surface area contributed by atoms with Gasteiger partial charge in [0.25, 0.3) is 0 Å². The Labute approximate surface area is 90.2 Å². The van der Waals surface area contributed by atoms with E-state index in [1.165, 1.54) is 25.6 Å². The van der Waals surface area contributed by atoms with E-state index in [2.05, 4.69) is 19.8 Å². The lowest BCUT2D eigenvalue weighted by molar-refractivity contribution is 0.0594. The Bertz CT molecular complexity index is 363. The van der Waals surface area contributed by atoms with Crippen LogP contribution in [-0.2, 0) is 16.0 Å². The number of methoxy groups -OCH3 is 2. The van der Waals surface area contributed by atoms with Crippen molar-refractivity contribution in [2.45, 2.75) is 6.54 Å². The quantitative estimate of drug-likeness (QED) is 0.776. The summed E-state index contributed by atoms with van der Waals surface area (Å²) in [5.41, 5.74) is 0.240. The van der Waals surface area contributed by atoms with Gasteiger partial charge in [-0.2, -0.15) is 0 Å². The minimum Gasteiger partial charge on any atom is -0.464 e. The van der Waals surface area contributed by atoms with Crippen LogP contribution in [0.2, 0.25) is 0 Å². The molecule has 0 unspecified atom stereocenters. The maximum atomic E-state index is 11.0. The third-order valence-electron chi connectivity index (χ3n) is 1.52. The van der Waals surface area contributed by atoms with Gasteiger partial charge in [0, 0.05) is 5.38 Å². The Morgan fingerprint density at radius 2 is 2.20 bits per heavy atom. The highest BCUT2D eigenvalue weighted by atomic mass is 32.1. The number of aromatic nitrogens is 1. The zero-order valence-corrected chi connectivity index (χ0v) is 9.09. The molecule has 0 aliphatic heterocycles. The molecule has 0 aliphatic carbocycles. The van der Waals surface area contributed by atoms with Gasteiger partial charge in [-0.1, -0.05) is 0 Å². The summed E-state index contributed by atoms with van der Waals surface area (Å²) in [6.07, 6.45) is -0.537. The predicted molar refractivity (Wildman–Crippen MR) is 52.7 cm³/mol. The van der Waals surface area contributed by atoms with Gasteiger partial charge in [-0.3, -0.25) is 0 Å². The highest BCUT2D eigenvalue weighted by Gasteiger charge is 2.10. The number of thiazole rings is 1. The fraction of sp³-hybridized carbons (Fsp3) is 0.375. The van der Waals surface area contributed by atoms with Crippen LogP contribution in [0, 0.1) is 0 Å². The van der Waals surface area contributed by atoms with E-state index in [4.69, 9.17) is 0 Å². The molecule has 0 aliphatic rings. The molecule has 1 aromatic rings. The summed E-state index contributed by atoms with van der Waals surface area (Å²) in [4.78, 5) is 25.7. The summed E-state index contributed by atoms with van der Waals surface area (Å²) >= 11 is 1.26. The van der Waals surface area contributed by atoms with Gasteiger partial charge >= 0.3 is 12.1 Å². The highest BCUT2D eigenvalue weighted by molar-refractivity contribution is 7.09. The van der Waals surface area contributed by atoms with Crippen molar-refractivity contribution >= 4 is 23.4 Å². The Morgan fingerprint density at radius 1 is 1.47 bits per heavy atom. The van der Waals surface area contributed by atoms with Crippen molar-refractivity contribution in [3.63, 3.8) is 0 Å². The first kappa shape index (κ1) is 11.4. The summed E-state index contributed by atoms with van der Waals surface area (Å²) in [6.45, 7) is 0.230. The summed E-state index contributed by atoms with van der Waals surface area (Å²) in [5.74, 6) is -0.490. The van der Waals surface area contributed by atoms with Gasteiger partial charge in [0.2, 0.25) is 0 Å². The molecule has 82 valence electrons. The van der Waals surface area contributed by atoms with Crippen molar-refractivity contribution in [3.8, 4) is 0 Å². The van der Waals surface area contributed by atoms with Crippen LogP contribution in [-0.4, -0.2) is 31.3 Å². The van der Waals surface area contributed by atoms with E-state index >= 15 is 0 Å². The van der Waals surface area contributed by atoms with Crippen molar-refractivity contribution in [2.24, 2.45) is 0 Å². The lowest BCUT2D eigenvalue weighted by Crippen LogP contribution is -2.22. The number of nitrogens with one attached hydrogen (secondary N) is 1. The van der Waals surface area contributed by atoms with Crippen LogP contribution in [0.5, 0.6) is 0 Å². The SMILES string of the molecule is COC(=O)NCc1nc(C(=O)OC)cs1. The molecule has 0 radical (unpaired) electrons. The molecule has 0 spiro atoms. The van der Waals surface area contributed by atoms with Crippen molar-refractivity contribution in [1.29, 1.82) is 0 Å². The highest BCUT2D eigenvalue weighted by Crippen LogP contribution is 2.10. The van der Waals surface area contributed by atoms with Gasteiger partial charge in [-0.25, -0.2) is 14.6 Å². The number of esters is 1. The lowest BCUT2D eigenvalue weighted by atomic mass is 10.5. The first-order valence-electron chi connectivity index (χ1n) is 4.02. The summed E-state index contributed by atoms with van der Waals surface area (Å²) < 4.78 is 8.87. The normalized spacial score (nSPS) is 9.47. The van der Waals surface area contributed by atoms with E-state index in [0.29, 0.717) is 5.01 Å². The van der Waals surface area contributed by atoms with E-state index in [1.807, 2.05) is 0 Å². The second kappa shape index (κ2) is 5.30. The topological polar surface area (TPSA) is 77.5 Å². The van der Waals surface area contributed by atoms with Crippen LogP contribution in [0.3, 0.4) is 0 Å². The van der Waals surface area contributed by atoms with Gasteiger partial charge in [0.15, 0.2) is 5.69 Å². The smallest absolute Gasteiger partial charge is 0.407 e. The molecule has 0 bridgehead atoms. The van der Waals surface area contributed by atoms with Crippen LogP contribution in [0.15, 0.2) is 5.38 Å². The molecule has 1 rings (SSSR count). The molecule has 0 fully saturated rings. The van der Waals surface area contributed by atoms with Crippen LogP contribution in [0.1, 0.15) is 15.5 Å². The molecule has 1 heterocycles. The monoisotopic (exact) mass is 230 g/mol. The van der Waals surface area contributed by atoms with Gasteiger partial charge in [-0.05, 0) is 0 Å². The van der Waals surface area contributed by atoms with E-state index in [0.717, 1.165) is 0 Å². The maximum absolute atomic E-state index is 11.0. The molecule has 15 heavy (non-hydrogen) atoms. The number of amides is 1. The zero-order valence-electron chi connectivity index (χ0n) is 8.27. The molecule has 0 saturated carbocycles. The number of ether oxygens (including phenoxy) is 2. The Morgan fingerprint density at radius 3 is 2.80 bits per heavy atom. The van der Waals surface area contributed by atoms with E-state index in [9.17, 15) is 9.59 Å². The number of hydrogen-bond donors (Lipinski definition) is 1. The average Bonchev–Trinajstić information content (AvgIpc) is 2.73. The number of alkyl carbamates (subject to hydrolysis) is 1. The third-order valence-corrected chi connectivity index (χ3v) is 2.36. The molecular weight excluding hydrogens is 220 g/mol. The molecule has 1 N–H and O–H groups in total. The maximum Gasteiger partial charge on any atom is 0.407 e. The van der Waals surface area contributed by atoms with Crippen molar-refractivity contribution in [2.75, 3.05) is 14.2 Å². The van der Waals surface area contributed by atoms with E-state index in [-0.39, 0.29) is 12.2 Å². The van der Waals surface area contributed by atoms with E-state index in [1.54, 1.807) is 5.38 Å². The Hall–Kier alpha value is -1.63. The summed E-state index contributed by atoms with van der Waals surface area (Å²) in [7, 11) is 2.56. The van der Waals surface area contributed by atoms with E-state index < -0.39 is 12.1 Å². The van der Waals surface area contributed by atoms with Crippen LogP contribution >= 0.6 is 11.3 Å². The number of hydrogen-bond acceptors (Lipinski definition) is 6. The third kappa shape index (κ3) is 3.21. The largest absolute Gasteiger partial charge is 0.464 e. The molecule has 6 nitrogen and oxygen atoms in total. The predicted octanol–water partition coefficient (Wildman–Crippen LogP) is 0.786. The average molecular weight is 230 g/mol. The number of nitrogens with zero attached hydrogens (tertiary/aromatic N) is 1. The number of carbonyl (C=O) groups excluding carboxylic acids is 2. The lowest BCUT2D eigenvalue weighted by Gasteiger charge is -1.99. The second-order valence-corrected chi connectivity index (χ2v) is 3.41. The zero-order chi connectivity index (χ0) is 11.3. The molecule has 0 saturated heterocycles. The fourth-order valence-electron chi connectivity index (χ4n) is 0.810. The fourth-order valence-corrected chi connectivity index (χ4v) is 1.51. The van der Waals surface area contributed by atoms with Crippen molar-refractivity contribution in [3.05, 3.63) is 16.1 Å². The molecular formula is C8H10N2O4S. The van der Waals surface area contributed by atoms with Crippen LogP contribution in [0.25, 0.3) is 0 Å². The van der Waals surface area contributed by atoms with Gasteiger partial charge < -0.3 is 14.8 Å². The molecule has 1 amide bonds. The van der Waals surface area contributed by atoms with Gasteiger partial charge in [0.1, 0.15) is 5.01 Å². The molecule has 7 heteroatoms. The summed E-state index contributed by atoms with van der Waals surface area (Å²) in [5, 5.41) is 4.63. The van der Waals surface area contributed by atoms with Gasteiger partial charge in [-0.15, -0.1) is 11.3 Å². The Balaban J connectivity index is 2.53. The van der Waals surface area contributed by atoms with Crippen molar-refractivity contribution in [1.82, 2.24) is 10.3 Å². The van der Waals surface area contributed by atoms with Crippen LogP contribution < -0.4 is 5.32 Å². The van der Waals surface area contributed by atoms with Crippen LogP contribution in [0.4, 0.5) is 4.79 Å². The first-order chi connectivity index (χ1) is 7.17. The Kier molecular flexibility index (Phi) is 4.04. The number of rotatable bonds is 3. The molecule has 0 aromatic carbocycles. The number of carbonyl (C=O) groups is 2. The van der Waals surface area contributed by atoms with Gasteiger partial charge in [0.05, 0.1) is 20.8 Å². The summed E-state index contributed by atoms with van der Waals surface area (Å²) in [6, 6.07) is 0. The molecule has 0 atom stereocenters. The van der Waals surface area contributed by atoms with Crippen molar-refractivity contribution < 1.29 is 19.1 Å². The molecule has 1 aromatic heterocycles.